The first-order valence-corrected chi connectivity index (χ1v) is 10.1. The SMILES string of the molecule is Cc1nn(-c2ccccc2)c(Oc2ccc(F)cc2F)c1CCC(=O)Nc1ccccc1. The van der Waals surface area contributed by atoms with Crippen LogP contribution < -0.4 is 10.1 Å². The predicted molar refractivity (Wildman–Crippen MR) is 118 cm³/mol. The van der Waals surface area contributed by atoms with Crippen LogP contribution in [0, 0.1) is 18.6 Å². The Balaban J connectivity index is 1.63. The number of anilines is 1. The number of hydrogen-bond acceptors (Lipinski definition) is 3. The van der Waals surface area contributed by atoms with E-state index in [-0.39, 0.29) is 24.0 Å². The molecule has 0 spiro atoms. The van der Waals surface area contributed by atoms with E-state index in [0.29, 0.717) is 29.1 Å². The van der Waals surface area contributed by atoms with E-state index >= 15 is 0 Å². The Morgan fingerprint density at radius 1 is 1.00 bits per heavy atom. The second-order valence-corrected chi connectivity index (χ2v) is 7.21. The maximum atomic E-state index is 14.3. The van der Waals surface area contributed by atoms with Crippen molar-refractivity contribution in [2.45, 2.75) is 19.8 Å². The van der Waals surface area contributed by atoms with Crippen LogP contribution in [0.15, 0.2) is 78.9 Å². The van der Waals surface area contributed by atoms with Crippen molar-refractivity contribution in [3.8, 4) is 17.3 Å². The molecule has 1 amide bonds. The van der Waals surface area contributed by atoms with Crippen LogP contribution in [0.5, 0.6) is 11.6 Å². The number of rotatable bonds is 7. The van der Waals surface area contributed by atoms with E-state index in [1.807, 2.05) is 60.7 Å². The highest BCUT2D eigenvalue weighted by Gasteiger charge is 2.21. The van der Waals surface area contributed by atoms with Gasteiger partial charge in [0.2, 0.25) is 11.8 Å². The van der Waals surface area contributed by atoms with Crippen LogP contribution in [0.1, 0.15) is 17.7 Å². The van der Waals surface area contributed by atoms with Crippen LogP contribution in [0.3, 0.4) is 0 Å². The van der Waals surface area contributed by atoms with E-state index in [0.717, 1.165) is 12.1 Å². The fourth-order valence-electron chi connectivity index (χ4n) is 3.32. The second kappa shape index (κ2) is 9.43. The quantitative estimate of drug-likeness (QED) is 0.399. The van der Waals surface area contributed by atoms with Gasteiger partial charge in [-0.25, -0.2) is 13.5 Å². The van der Waals surface area contributed by atoms with Crippen molar-refractivity contribution in [2.24, 2.45) is 0 Å². The van der Waals surface area contributed by atoms with Crippen LogP contribution in [0.4, 0.5) is 14.5 Å². The molecule has 0 saturated heterocycles. The number of carbonyl (C=O) groups is 1. The summed E-state index contributed by atoms with van der Waals surface area (Å²) in [5.74, 6) is -1.52. The lowest BCUT2D eigenvalue weighted by Gasteiger charge is -2.12. The van der Waals surface area contributed by atoms with E-state index < -0.39 is 11.6 Å². The summed E-state index contributed by atoms with van der Waals surface area (Å²) < 4.78 is 35.1. The van der Waals surface area contributed by atoms with E-state index in [1.54, 1.807) is 11.6 Å². The Morgan fingerprint density at radius 3 is 2.38 bits per heavy atom. The smallest absolute Gasteiger partial charge is 0.226 e. The molecule has 7 heteroatoms. The molecule has 1 aromatic heterocycles. The summed E-state index contributed by atoms with van der Waals surface area (Å²) in [5, 5.41) is 7.40. The molecule has 0 aliphatic heterocycles. The van der Waals surface area contributed by atoms with E-state index in [9.17, 15) is 13.6 Å². The van der Waals surface area contributed by atoms with Gasteiger partial charge in [0.05, 0.1) is 11.4 Å². The summed E-state index contributed by atoms with van der Waals surface area (Å²) in [5.41, 5.74) is 2.74. The van der Waals surface area contributed by atoms with Crippen molar-refractivity contribution in [3.63, 3.8) is 0 Å². The van der Waals surface area contributed by atoms with Gasteiger partial charge in [-0.05, 0) is 49.7 Å². The van der Waals surface area contributed by atoms with Gasteiger partial charge in [0.15, 0.2) is 11.6 Å². The number of benzene rings is 3. The van der Waals surface area contributed by atoms with Crippen LogP contribution in [0.2, 0.25) is 0 Å². The normalized spacial score (nSPS) is 10.7. The van der Waals surface area contributed by atoms with E-state index in [4.69, 9.17) is 4.74 Å². The van der Waals surface area contributed by atoms with Gasteiger partial charge in [0.1, 0.15) is 5.82 Å². The Kier molecular flexibility index (Phi) is 6.26. The molecule has 0 aliphatic carbocycles. The summed E-state index contributed by atoms with van der Waals surface area (Å²) in [6.45, 7) is 1.80. The van der Waals surface area contributed by atoms with Crippen LogP contribution >= 0.6 is 0 Å². The Morgan fingerprint density at radius 2 is 1.69 bits per heavy atom. The topological polar surface area (TPSA) is 56.2 Å². The number of nitrogens with zero attached hydrogens (tertiary/aromatic N) is 2. The highest BCUT2D eigenvalue weighted by Crippen LogP contribution is 2.33. The largest absolute Gasteiger partial charge is 0.436 e. The molecule has 1 heterocycles. The lowest BCUT2D eigenvalue weighted by atomic mass is 10.1. The predicted octanol–water partition coefficient (Wildman–Crippen LogP) is 5.82. The number of carbonyl (C=O) groups excluding carboxylic acids is 1. The molecule has 0 fully saturated rings. The number of ether oxygens (including phenoxy) is 1. The first-order valence-electron chi connectivity index (χ1n) is 10.1. The Bertz CT molecular complexity index is 1220. The van der Waals surface area contributed by atoms with Crippen LogP contribution in [-0.2, 0) is 11.2 Å². The van der Waals surface area contributed by atoms with Gasteiger partial charge in [-0.3, -0.25) is 4.79 Å². The van der Waals surface area contributed by atoms with E-state index in [1.165, 1.54) is 6.07 Å². The third-order valence-electron chi connectivity index (χ3n) is 4.90. The number of para-hydroxylation sites is 2. The average Bonchev–Trinajstić information content (AvgIpc) is 3.10. The summed E-state index contributed by atoms with van der Waals surface area (Å²) in [7, 11) is 0. The van der Waals surface area contributed by atoms with Gasteiger partial charge < -0.3 is 10.1 Å². The molecule has 0 atom stereocenters. The Hall–Kier alpha value is -4.00. The zero-order chi connectivity index (χ0) is 22.5. The molecule has 1 N–H and O–H groups in total. The van der Waals surface area contributed by atoms with Crippen molar-refractivity contribution in [1.29, 1.82) is 0 Å². The number of aromatic nitrogens is 2. The van der Waals surface area contributed by atoms with Gasteiger partial charge in [-0.15, -0.1) is 0 Å². The summed E-state index contributed by atoms with van der Waals surface area (Å²) in [4.78, 5) is 12.5. The highest BCUT2D eigenvalue weighted by molar-refractivity contribution is 5.90. The molecular formula is C25H21F2N3O2. The average molecular weight is 433 g/mol. The maximum Gasteiger partial charge on any atom is 0.226 e. The minimum atomic E-state index is -0.823. The number of nitrogens with one attached hydrogen (secondary N) is 1. The molecule has 32 heavy (non-hydrogen) atoms. The molecule has 0 bridgehead atoms. The number of halogens is 2. The third kappa shape index (κ3) is 4.83. The molecule has 0 saturated carbocycles. The zero-order valence-corrected chi connectivity index (χ0v) is 17.4. The fourth-order valence-corrected chi connectivity index (χ4v) is 3.32. The van der Waals surface area contributed by atoms with Crippen molar-refractivity contribution in [2.75, 3.05) is 5.32 Å². The Labute approximate surface area is 184 Å². The van der Waals surface area contributed by atoms with Crippen LogP contribution in [0.25, 0.3) is 5.69 Å². The molecule has 0 unspecified atom stereocenters. The summed E-state index contributed by atoms with van der Waals surface area (Å²) >= 11 is 0. The maximum absolute atomic E-state index is 14.3. The van der Waals surface area contributed by atoms with Gasteiger partial charge >= 0.3 is 0 Å². The molecule has 4 rings (SSSR count). The number of amides is 1. The van der Waals surface area contributed by atoms with Crippen molar-refractivity contribution < 1.29 is 18.3 Å². The summed E-state index contributed by atoms with van der Waals surface area (Å²) in [6.07, 6.45) is 0.508. The van der Waals surface area contributed by atoms with Crippen molar-refractivity contribution in [1.82, 2.24) is 9.78 Å². The summed E-state index contributed by atoms with van der Waals surface area (Å²) in [6, 6.07) is 21.5. The standard InChI is InChI=1S/C25H21F2N3O2/c1-17-21(13-15-24(31)28-19-8-4-2-5-9-19)25(30(29-17)20-10-6-3-7-11-20)32-23-14-12-18(26)16-22(23)27/h2-12,14,16H,13,15H2,1H3,(H,28,31). The van der Waals surface area contributed by atoms with Crippen LogP contribution in [-0.4, -0.2) is 15.7 Å². The van der Waals surface area contributed by atoms with Crippen molar-refractivity contribution >= 4 is 11.6 Å². The molecular weight excluding hydrogens is 412 g/mol. The number of hydrogen-bond donors (Lipinski definition) is 1. The zero-order valence-electron chi connectivity index (χ0n) is 17.4. The molecule has 162 valence electrons. The minimum absolute atomic E-state index is 0.126. The van der Waals surface area contributed by atoms with Gasteiger partial charge in [0.25, 0.3) is 0 Å². The highest BCUT2D eigenvalue weighted by atomic mass is 19.1. The molecule has 4 aromatic rings. The monoisotopic (exact) mass is 433 g/mol. The first kappa shape index (κ1) is 21.2. The van der Waals surface area contributed by atoms with Gasteiger partial charge in [0, 0.05) is 23.7 Å². The molecule has 0 radical (unpaired) electrons. The van der Waals surface area contributed by atoms with Gasteiger partial charge in [-0.2, -0.15) is 5.10 Å². The lowest BCUT2D eigenvalue weighted by Crippen LogP contribution is -2.12. The molecule has 0 aliphatic rings. The fraction of sp³-hybridized carbons (Fsp3) is 0.120. The first-order chi connectivity index (χ1) is 15.5. The van der Waals surface area contributed by atoms with Gasteiger partial charge in [-0.1, -0.05) is 36.4 Å². The second-order valence-electron chi connectivity index (χ2n) is 7.21. The third-order valence-corrected chi connectivity index (χ3v) is 4.90. The number of aryl methyl sites for hydroxylation is 1. The lowest BCUT2D eigenvalue weighted by molar-refractivity contribution is -0.116. The molecule has 5 nitrogen and oxygen atoms in total. The van der Waals surface area contributed by atoms with E-state index in [2.05, 4.69) is 10.4 Å². The van der Waals surface area contributed by atoms with Crippen molar-refractivity contribution in [3.05, 3.63) is 102 Å². The minimum Gasteiger partial charge on any atom is -0.436 e. The molecule has 3 aromatic carbocycles.